The van der Waals surface area contributed by atoms with Crippen molar-refractivity contribution in [2.75, 3.05) is 11.5 Å². The molecule has 0 spiro atoms. The van der Waals surface area contributed by atoms with Crippen LogP contribution in [0.15, 0.2) is 84.4 Å². The Labute approximate surface area is 201 Å². The minimum Gasteiger partial charge on any atom is -0.494 e. The molecule has 0 saturated carbocycles. The van der Waals surface area contributed by atoms with E-state index in [1.165, 1.54) is 5.56 Å². The maximum Gasteiger partial charge on any atom is 0.262 e. The van der Waals surface area contributed by atoms with Gasteiger partial charge in [-0.1, -0.05) is 61.8 Å². The standard InChI is InChI=1S/C29H28ClNO2/c1-4-20(3)22-10-14-26(15-11-22)31-28(23-8-12-25(30)13-9-23)19-24(29(31)32)18-21-6-16-27(17-7-21)33-5-2/h6-20H,4-5H2,1-3H3/b24-18+/t20-/m0/s1. The predicted octanol–water partition coefficient (Wildman–Crippen LogP) is 7.72. The zero-order valence-corrected chi connectivity index (χ0v) is 20.0. The molecule has 1 atom stereocenters. The van der Waals surface area contributed by atoms with Crippen LogP contribution in [-0.2, 0) is 4.79 Å². The lowest BCUT2D eigenvalue weighted by Crippen LogP contribution is -2.25. The molecular formula is C29H28ClNO2. The van der Waals surface area contributed by atoms with Crippen LogP contribution >= 0.6 is 11.6 Å². The van der Waals surface area contributed by atoms with Crippen LogP contribution in [0.4, 0.5) is 5.69 Å². The van der Waals surface area contributed by atoms with E-state index in [1.54, 1.807) is 4.90 Å². The Morgan fingerprint density at radius 3 is 2.21 bits per heavy atom. The SMILES string of the molecule is CCOc1ccc(/C=C2\C=C(c3ccc(Cl)cc3)N(c3ccc([C@@H](C)CC)cc3)C2=O)cc1. The maximum absolute atomic E-state index is 13.6. The Hall–Kier alpha value is -3.30. The van der Waals surface area contributed by atoms with Crippen molar-refractivity contribution in [2.45, 2.75) is 33.1 Å². The lowest BCUT2D eigenvalue weighted by Gasteiger charge is -2.22. The second-order valence-corrected chi connectivity index (χ2v) is 8.62. The smallest absolute Gasteiger partial charge is 0.262 e. The minimum absolute atomic E-state index is 0.0508. The van der Waals surface area contributed by atoms with Crippen LogP contribution in [0.25, 0.3) is 11.8 Å². The van der Waals surface area contributed by atoms with E-state index in [4.69, 9.17) is 16.3 Å². The number of hydrogen-bond donors (Lipinski definition) is 0. The molecule has 0 fully saturated rings. The molecule has 4 rings (SSSR count). The first-order chi connectivity index (χ1) is 16.0. The fraction of sp³-hybridized carbons (Fsp3) is 0.207. The highest BCUT2D eigenvalue weighted by atomic mass is 35.5. The van der Waals surface area contributed by atoms with Crippen molar-refractivity contribution in [3.63, 3.8) is 0 Å². The molecule has 33 heavy (non-hydrogen) atoms. The molecule has 168 valence electrons. The van der Waals surface area contributed by atoms with Gasteiger partial charge in [0.1, 0.15) is 5.75 Å². The molecule has 3 nitrogen and oxygen atoms in total. The van der Waals surface area contributed by atoms with Gasteiger partial charge in [-0.05, 0) is 84.5 Å². The average Bonchev–Trinajstić information content (AvgIpc) is 3.16. The molecule has 0 aromatic heterocycles. The van der Waals surface area contributed by atoms with Crippen LogP contribution in [0, 0.1) is 0 Å². The Kier molecular flexibility index (Phi) is 7.00. The summed E-state index contributed by atoms with van der Waals surface area (Å²) in [6.07, 6.45) is 4.94. The highest BCUT2D eigenvalue weighted by Gasteiger charge is 2.30. The number of rotatable bonds is 7. The summed E-state index contributed by atoms with van der Waals surface area (Å²) in [5, 5.41) is 0.665. The molecule has 0 aliphatic carbocycles. The molecule has 0 bridgehead atoms. The maximum atomic E-state index is 13.6. The number of carbonyl (C=O) groups excluding carboxylic acids is 1. The zero-order chi connectivity index (χ0) is 23.4. The Morgan fingerprint density at radius 2 is 1.61 bits per heavy atom. The van der Waals surface area contributed by atoms with E-state index in [0.29, 0.717) is 23.1 Å². The van der Waals surface area contributed by atoms with Crippen LogP contribution in [0.2, 0.25) is 5.02 Å². The van der Waals surface area contributed by atoms with E-state index in [0.717, 1.165) is 34.7 Å². The van der Waals surface area contributed by atoms with Crippen molar-refractivity contribution in [2.24, 2.45) is 0 Å². The van der Waals surface area contributed by atoms with Crippen molar-refractivity contribution >= 4 is 35.0 Å². The zero-order valence-electron chi connectivity index (χ0n) is 19.2. The Balaban J connectivity index is 1.72. The summed E-state index contributed by atoms with van der Waals surface area (Å²) in [6, 6.07) is 23.6. The number of amides is 1. The van der Waals surface area contributed by atoms with Crippen molar-refractivity contribution in [1.82, 2.24) is 0 Å². The lowest BCUT2D eigenvalue weighted by atomic mass is 9.98. The highest BCUT2D eigenvalue weighted by molar-refractivity contribution is 6.30. The summed E-state index contributed by atoms with van der Waals surface area (Å²) >= 11 is 6.11. The van der Waals surface area contributed by atoms with E-state index in [9.17, 15) is 4.79 Å². The van der Waals surface area contributed by atoms with Gasteiger partial charge >= 0.3 is 0 Å². The van der Waals surface area contributed by atoms with Crippen molar-refractivity contribution in [3.8, 4) is 5.75 Å². The summed E-state index contributed by atoms with van der Waals surface area (Å²) in [5.74, 6) is 1.25. The van der Waals surface area contributed by atoms with Crippen LogP contribution in [0.3, 0.4) is 0 Å². The minimum atomic E-state index is -0.0508. The number of carbonyl (C=O) groups is 1. The number of benzene rings is 3. The number of ether oxygens (including phenoxy) is 1. The van der Waals surface area contributed by atoms with Gasteiger partial charge < -0.3 is 4.74 Å². The molecule has 1 heterocycles. The van der Waals surface area contributed by atoms with Crippen LogP contribution in [-0.4, -0.2) is 12.5 Å². The molecule has 1 aliphatic rings. The van der Waals surface area contributed by atoms with Crippen LogP contribution in [0.1, 0.15) is 49.8 Å². The van der Waals surface area contributed by atoms with Gasteiger partial charge in [0.15, 0.2) is 0 Å². The monoisotopic (exact) mass is 457 g/mol. The van der Waals surface area contributed by atoms with Gasteiger partial charge in [-0.2, -0.15) is 0 Å². The van der Waals surface area contributed by atoms with E-state index in [-0.39, 0.29) is 5.91 Å². The largest absolute Gasteiger partial charge is 0.494 e. The quantitative estimate of drug-likeness (QED) is 0.340. The molecular weight excluding hydrogens is 430 g/mol. The first kappa shape index (κ1) is 22.9. The summed E-state index contributed by atoms with van der Waals surface area (Å²) in [4.78, 5) is 15.3. The van der Waals surface area contributed by atoms with Gasteiger partial charge in [-0.25, -0.2) is 0 Å². The highest BCUT2D eigenvalue weighted by Crippen LogP contribution is 2.36. The Morgan fingerprint density at radius 1 is 0.939 bits per heavy atom. The number of hydrogen-bond acceptors (Lipinski definition) is 2. The average molecular weight is 458 g/mol. The summed E-state index contributed by atoms with van der Waals surface area (Å²) < 4.78 is 5.53. The fourth-order valence-electron chi connectivity index (χ4n) is 3.90. The number of nitrogens with zero attached hydrogens (tertiary/aromatic N) is 1. The van der Waals surface area contributed by atoms with Crippen molar-refractivity contribution in [1.29, 1.82) is 0 Å². The van der Waals surface area contributed by atoms with E-state index >= 15 is 0 Å². The van der Waals surface area contributed by atoms with Gasteiger partial charge in [0.2, 0.25) is 0 Å². The third kappa shape index (κ3) is 5.04. The topological polar surface area (TPSA) is 29.5 Å². The molecule has 0 N–H and O–H groups in total. The predicted molar refractivity (Wildman–Crippen MR) is 138 cm³/mol. The van der Waals surface area contributed by atoms with E-state index < -0.39 is 0 Å². The first-order valence-electron chi connectivity index (χ1n) is 11.4. The van der Waals surface area contributed by atoms with E-state index in [2.05, 4.69) is 26.0 Å². The number of anilines is 1. The third-order valence-corrected chi connectivity index (χ3v) is 6.22. The molecule has 0 saturated heterocycles. The van der Waals surface area contributed by atoms with Gasteiger partial charge in [0.05, 0.1) is 12.3 Å². The summed E-state index contributed by atoms with van der Waals surface area (Å²) in [5.41, 5.74) is 5.48. The first-order valence-corrected chi connectivity index (χ1v) is 11.7. The van der Waals surface area contributed by atoms with Gasteiger partial charge in [0, 0.05) is 16.3 Å². The molecule has 1 amide bonds. The normalized spacial score (nSPS) is 15.6. The molecule has 4 heteroatoms. The van der Waals surface area contributed by atoms with Crippen LogP contribution < -0.4 is 9.64 Å². The summed E-state index contributed by atoms with van der Waals surface area (Å²) in [7, 11) is 0. The van der Waals surface area contributed by atoms with Crippen molar-refractivity contribution in [3.05, 3.63) is 106 Å². The Bertz CT molecular complexity index is 1180. The third-order valence-electron chi connectivity index (χ3n) is 5.97. The van der Waals surface area contributed by atoms with Crippen LogP contribution in [0.5, 0.6) is 5.75 Å². The molecule has 0 radical (unpaired) electrons. The fourth-order valence-corrected chi connectivity index (χ4v) is 4.03. The molecule has 0 unspecified atom stereocenters. The second-order valence-electron chi connectivity index (χ2n) is 8.18. The second kappa shape index (κ2) is 10.1. The summed E-state index contributed by atoms with van der Waals surface area (Å²) in [6.45, 7) is 6.98. The van der Waals surface area contributed by atoms with Gasteiger partial charge in [-0.3, -0.25) is 9.69 Å². The molecule has 3 aromatic carbocycles. The van der Waals surface area contributed by atoms with Crippen molar-refractivity contribution < 1.29 is 9.53 Å². The molecule has 1 aliphatic heterocycles. The van der Waals surface area contributed by atoms with Gasteiger partial charge in [0.25, 0.3) is 5.91 Å². The van der Waals surface area contributed by atoms with Gasteiger partial charge in [-0.15, -0.1) is 0 Å². The number of halogens is 1. The molecule has 3 aromatic rings. The lowest BCUT2D eigenvalue weighted by molar-refractivity contribution is -0.113. The van der Waals surface area contributed by atoms with E-state index in [1.807, 2.05) is 79.7 Å².